The van der Waals surface area contributed by atoms with Gasteiger partial charge >= 0.3 is 0 Å². The van der Waals surface area contributed by atoms with Crippen LogP contribution in [0.3, 0.4) is 0 Å². The van der Waals surface area contributed by atoms with Crippen LogP contribution in [-0.2, 0) is 10.0 Å². The van der Waals surface area contributed by atoms with E-state index in [-0.39, 0.29) is 34.0 Å². The summed E-state index contributed by atoms with van der Waals surface area (Å²) in [4.78, 5) is 23.5. The van der Waals surface area contributed by atoms with Crippen molar-refractivity contribution >= 4 is 33.3 Å². The molecule has 0 atom stereocenters. The molecule has 4 rings (SSSR count). The average molecular weight is 434 g/mol. The number of aryl methyl sites for hydroxylation is 1. The lowest BCUT2D eigenvalue weighted by molar-refractivity contribution is -0.384. The summed E-state index contributed by atoms with van der Waals surface area (Å²) in [6, 6.07) is 18.9. The Balaban J connectivity index is 1.80. The fourth-order valence-electron chi connectivity index (χ4n) is 3.42. The number of ketones is 1. The number of rotatable bonds is 4. The molecule has 0 aromatic heterocycles. The molecule has 0 radical (unpaired) electrons. The van der Waals surface area contributed by atoms with Gasteiger partial charge in [-0.15, -0.1) is 0 Å². The van der Waals surface area contributed by atoms with E-state index in [1.54, 1.807) is 54.6 Å². The number of benzene rings is 3. The van der Waals surface area contributed by atoms with Crippen LogP contribution in [0, 0.1) is 17.0 Å². The van der Waals surface area contributed by atoms with E-state index in [2.05, 4.69) is 0 Å². The summed E-state index contributed by atoms with van der Waals surface area (Å²) >= 11 is 0. The minimum atomic E-state index is -3.91. The van der Waals surface area contributed by atoms with Crippen molar-refractivity contribution in [1.82, 2.24) is 0 Å². The van der Waals surface area contributed by atoms with E-state index in [4.69, 9.17) is 0 Å². The van der Waals surface area contributed by atoms with E-state index in [9.17, 15) is 23.3 Å². The number of anilines is 1. The molecule has 7 nitrogen and oxygen atoms in total. The van der Waals surface area contributed by atoms with Crippen LogP contribution in [0.2, 0.25) is 0 Å². The quantitative estimate of drug-likeness (QED) is 0.345. The first-order valence-corrected chi connectivity index (χ1v) is 10.9. The van der Waals surface area contributed by atoms with Crippen LogP contribution >= 0.6 is 0 Å². The molecule has 0 amide bonds. The van der Waals surface area contributed by atoms with Crippen molar-refractivity contribution < 1.29 is 18.1 Å². The fraction of sp³-hybridized carbons (Fsp3) is 0.0870. The van der Waals surface area contributed by atoms with Crippen molar-refractivity contribution in [2.75, 3.05) is 10.8 Å². The number of carbonyl (C=O) groups excluding carboxylic acids is 1. The van der Waals surface area contributed by atoms with Crippen molar-refractivity contribution in [3.8, 4) is 0 Å². The largest absolute Gasteiger partial charge is 0.289 e. The molecule has 3 aromatic carbocycles. The maximum absolute atomic E-state index is 13.4. The molecule has 0 spiro atoms. The van der Waals surface area contributed by atoms with E-state index in [1.807, 2.05) is 6.92 Å². The van der Waals surface area contributed by atoms with Gasteiger partial charge in [0.15, 0.2) is 5.78 Å². The van der Waals surface area contributed by atoms with Crippen LogP contribution in [0.5, 0.6) is 0 Å². The van der Waals surface area contributed by atoms with E-state index < -0.39 is 14.9 Å². The highest BCUT2D eigenvalue weighted by Gasteiger charge is 2.34. The molecule has 0 unspecified atom stereocenters. The predicted octanol–water partition coefficient (Wildman–Crippen LogP) is 4.38. The summed E-state index contributed by atoms with van der Waals surface area (Å²) < 4.78 is 28.0. The maximum Gasteiger partial charge on any atom is 0.269 e. The number of Topliss-reactive ketones (excluding diaryl/α,β-unsaturated/α-hetero) is 1. The predicted molar refractivity (Wildman–Crippen MR) is 118 cm³/mol. The van der Waals surface area contributed by atoms with Crippen LogP contribution in [0.25, 0.3) is 6.08 Å². The Morgan fingerprint density at radius 2 is 1.61 bits per heavy atom. The summed E-state index contributed by atoms with van der Waals surface area (Å²) in [5.74, 6) is -0.274. The van der Waals surface area contributed by atoms with Crippen molar-refractivity contribution in [1.29, 1.82) is 0 Å². The normalized spacial score (nSPS) is 15.1. The highest BCUT2D eigenvalue weighted by Crippen LogP contribution is 2.34. The van der Waals surface area contributed by atoms with Gasteiger partial charge in [-0.2, -0.15) is 0 Å². The summed E-state index contributed by atoms with van der Waals surface area (Å²) in [5.41, 5.74) is 2.34. The third kappa shape index (κ3) is 3.85. The van der Waals surface area contributed by atoms with Crippen molar-refractivity contribution in [3.63, 3.8) is 0 Å². The molecule has 1 aliphatic heterocycles. The van der Waals surface area contributed by atoms with E-state index >= 15 is 0 Å². The molecule has 0 saturated heterocycles. The number of para-hydroxylation sites is 1. The number of fused-ring (bicyclic) bond motifs is 1. The fourth-order valence-corrected chi connectivity index (χ4v) is 4.89. The molecular weight excluding hydrogens is 416 g/mol. The third-order valence-electron chi connectivity index (χ3n) is 5.08. The number of sulfonamides is 1. The Hall–Kier alpha value is -3.78. The van der Waals surface area contributed by atoms with Crippen LogP contribution < -0.4 is 4.31 Å². The number of nitro benzene ring substituents is 1. The topological polar surface area (TPSA) is 97.6 Å². The third-order valence-corrected chi connectivity index (χ3v) is 6.85. The lowest BCUT2D eigenvalue weighted by Gasteiger charge is -2.31. The second-order valence-electron chi connectivity index (χ2n) is 7.19. The zero-order valence-electron chi connectivity index (χ0n) is 16.6. The first-order valence-electron chi connectivity index (χ1n) is 9.45. The van der Waals surface area contributed by atoms with Gasteiger partial charge in [0.05, 0.1) is 22.1 Å². The minimum Gasteiger partial charge on any atom is -0.289 e. The SMILES string of the molecule is Cc1ccc(S(=O)(=O)N2C/C(=C\c3ccc([N+](=O)[O-])cc3)C(=O)c3ccccc32)cc1. The molecule has 3 aromatic rings. The average Bonchev–Trinajstić information content (AvgIpc) is 2.76. The molecule has 0 fully saturated rings. The Morgan fingerprint density at radius 1 is 0.968 bits per heavy atom. The van der Waals surface area contributed by atoms with Gasteiger partial charge in [0.1, 0.15) is 0 Å². The molecule has 31 heavy (non-hydrogen) atoms. The van der Waals surface area contributed by atoms with Gasteiger partial charge in [0, 0.05) is 23.3 Å². The summed E-state index contributed by atoms with van der Waals surface area (Å²) in [6.07, 6.45) is 1.57. The molecule has 1 aliphatic rings. The van der Waals surface area contributed by atoms with E-state index in [1.165, 1.54) is 28.6 Å². The van der Waals surface area contributed by atoms with Gasteiger partial charge in [-0.3, -0.25) is 19.2 Å². The number of hydrogen-bond donors (Lipinski definition) is 0. The van der Waals surface area contributed by atoms with Gasteiger partial charge in [-0.25, -0.2) is 8.42 Å². The van der Waals surface area contributed by atoms with Crippen LogP contribution in [-0.4, -0.2) is 25.7 Å². The molecule has 0 saturated carbocycles. The lowest BCUT2D eigenvalue weighted by Crippen LogP contribution is -2.38. The van der Waals surface area contributed by atoms with Gasteiger partial charge in [-0.05, 0) is 55.0 Å². The molecule has 0 bridgehead atoms. The molecule has 0 aliphatic carbocycles. The first-order chi connectivity index (χ1) is 14.8. The Labute approximate surface area is 179 Å². The molecule has 156 valence electrons. The monoisotopic (exact) mass is 434 g/mol. The lowest BCUT2D eigenvalue weighted by atomic mass is 9.96. The van der Waals surface area contributed by atoms with Crippen molar-refractivity contribution in [3.05, 3.63) is 105 Å². The Bertz CT molecular complexity index is 1310. The minimum absolute atomic E-state index is 0.0639. The van der Waals surface area contributed by atoms with E-state index in [0.717, 1.165) is 5.56 Å². The van der Waals surface area contributed by atoms with E-state index in [0.29, 0.717) is 11.3 Å². The Morgan fingerprint density at radius 3 is 2.26 bits per heavy atom. The summed E-state index contributed by atoms with van der Waals surface area (Å²) in [7, 11) is -3.91. The molecule has 8 heteroatoms. The molecule has 0 N–H and O–H groups in total. The summed E-state index contributed by atoms with van der Waals surface area (Å²) in [5, 5.41) is 10.9. The first kappa shape index (κ1) is 20.5. The second-order valence-corrected chi connectivity index (χ2v) is 9.05. The standard InChI is InChI=1S/C23H18N2O5S/c1-16-6-12-20(13-7-16)31(29,30)24-15-18(23(26)21-4-2-3-5-22(21)24)14-17-8-10-19(11-9-17)25(27)28/h2-14H,15H2,1H3/b18-14+. The number of non-ortho nitro benzene ring substituents is 1. The Kier molecular flexibility index (Phi) is 5.16. The maximum atomic E-state index is 13.4. The van der Waals surface area contributed by atoms with Crippen molar-refractivity contribution in [2.45, 2.75) is 11.8 Å². The highest BCUT2D eigenvalue weighted by molar-refractivity contribution is 7.92. The van der Waals surface area contributed by atoms with Gasteiger partial charge in [0.2, 0.25) is 0 Å². The van der Waals surface area contributed by atoms with Crippen LogP contribution in [0.15, 0.2) is 83.3 Å². The van der Waals surface area contributed by atoms with Crippen LogP contribution in [0.1, 0.15) is 21.5 Å². The molecular formula is C23H18N2O5S. The van der Waals surface area contributed by atoms with Gasteiger partial charge in [-0.1, -0.05) is 29.8 Å². The zero-order valence-corrected chi connectivity index (χ0v) is 17.4. The van der Waals surface area contributed by atoms with Gasteiger partial charge < -0.3 is 0 Å². The highest BCUT2D eigenvalue weighted by atomic mass is 32.2. The number of nitro groups is 1. The van der Waals surface area contributed by atoms with Gasteiger partial charge in [0.25, 0.3) is 15.7 Å². The summed E-state index contributed by atoms with van der Waals surface area (Å²) in [6.45, 7) is 1.74. The zero-order chi connectivity index (χ0) is 22.2. The smallest absolute Gasteiger partial charge is 0.269 e. The number of carbonyl (C=O) groups is 1. The van der Waals surface area contributed by atoms with Crippen molar-refractivity contribution in [2.24, 2.45) is 0 Å². The second kappa shape index (κ2) is 7.81. The number of nitrogens with zero attached hydrogens (tertiary/aromatic N) is 2. The van der Waals surface area contributed by atoms with Crippen LogP contribution in [0.4, 0.5) is 11.4 Å². The molecule has 1 heterocycles. The number of hydrogen-bond acceptors (Lipinski definition) is 5.